The minimum atomic E-state index is -0.744. The van der Waals surface area contributed by atoms with Gasteiger partial charge in [-0.25, -0.2) is 4.39 Å². The maximum Gasteiger partial charge on any atom is 0.248 e. The number of rotatable bonds is 6. The summed E-state index contributed by atoms with van der Waals surface area (Å²) in [5.41, 5.74) is 1.58. The normalized spacial score (nSPS) is 10.7. The predicted molar refractivity (Wildman–Crippen MR) is 123 cm³/mol. The molecule has 0 bridgehead atoms. The first-order valence-electron chi connectivity index (χ1n) is 9.70. The van der Waals surface area contributed by atoms with E-state index in [4.69, 9.17) is 42.8 Å². The Labute approximate surface area is 202 Å². The summed E-state index contributed by atoms with van der Waals surface area (Å²) in [7, 11) is 0. The molecule has 0 spiro atoms. The van der Waals surface area contributed by atoms with Gasteiger partial charge >= 0.3 is 0 Å². The molecule has 0 aliphatic rings. The molecule has 34 heavy (non-hydrogen) atoms. The third kappa shape index (κ3) is 4.95. The second-order valence-electron chi connectivity index (χ2n) is 7.19. The highest BCUT2D eigenvalue weighted by molar-refractivity contribution is 6.32. The molecule has 1 N–H and O–H groups in total. The summed E-state index contributed by atoms with van der Waals surface area (Å²) < 4.78 is 26.5. The van der Waals surface area contributed by atoms with E-state index < -0.39 is 5.82 Å². The Hall–Kier alpha value is -3.68. The van der Waals surface area contributed by atoms with Crippen molar-refractivity contribution in [2.45, 2.75) is 13.3 Å². The van der Waals surface area contributed by atoms with Crippen LogP contribution < -0.4 is 9.96 Å². The molecule has 4 aromatic rings. The van der Waals surface area contributed by atoms with Gasteiger partial charge in [-0.05, 0) is 48.9 Å². The molecule has 11 heteroatoms. The molecule has 0 aliphatic carbocycles. The van der Waals surface area contributed by atoms with Gasteiger partial charge in [-0.2, -0.15) is 5.26 Å². The van der Waals surface area contributed by atoms with Crippen LogP contribution in [0.3, 0.4) is 0 Å². The highest BCUT2D eigenvalue weighted by atomic mass is 35.5. The van der Waals surface area contributed by atoms with Crippen LogP contribution in [0.2, 0.25) is 10.0 Å². The molecule has 0 fully saturated rings. The van der Waals surface area contributed by atoms with Gasteiger partial charge in [0.25, 0.3) is 0 Å². The van der Waals surface area contributed by atoms with Crippen LogP contribution >= 0.6 is 23.2 Å². The van der Waals surface area contributed by atoms with Gasteiger partial charge in [0.2, 0.25) is 11.8 Å². The zero-order valence-corrected chi connectivity index (χ0v) is 18.9. The van der Waals surface area contributed by atoms with Crippen molar-refractivity contribution in [2.75, 3.05) is 5.23 Å². The number of aromatic nitrogens is 2. The third-order valence-electron chi connectivity index (χ3n) is 4.83. The first-order valence-corrected chi connectivity index (χ1v) is 10.5. The Kier molecular flexibility index (Phi) is 6.68. The van der Waals surface area contributed by atoms with Gasteiger partial charge in [-0.3, -0.25) is 5.21 Å². The van der Waals surface area contributed by atoms with Crippen molar-refractivity contribution in [2.24, 2.45) is 0 Å². The van der Waals surface area contributed by atoms with Gasteiger partial charge < -0.3 is 19.6 Å². The van der Waals surface area contributed by atoms with Crippen LogP contribution in [0.5, 0.6) is 11.5 Å². The average Bonchev–Trinajstić information content (AvgIpc) is 3.26. The van der Waals surface area contributed by atoms with E-state index in [-0.39, 0.29) is 61.8 Å². The number of halogens is 3. The van der Waals surface area contributed by atoms with E-state index in [1.165, 1.54) is 42.5 Å². The Morgan fingerprint density at radius 1 is 1.18 bits per heavy atom. The zero-order chi connectivity index (χ0) is 24.4. The van der Waals surface area contributed by atoms with Gasteiger partial charge in [0.1, 0.15) is 5.75 Å². The number of benzene rings is 3. The molecule has 0 saturated carbocycles. The average molecular weight is 500 g/mol. The number of anilines is 1. The fourth-order valence-electron chi connectivity index (χ4n) is 3.16. The van der Waals surface area contributed by atoms with Crippen LogP contribution in [0.15, 0.2) is 52.9 Å². The summed E-state index contributed by atoms with van der Waals surface area (Å²) in [4.78, 5) is 0. The monoisotopic (exact) mass is 499 g/mol. The lowest BCUT2D eigenvalue weighted by atomic mass is 10.1. The maximum atomic E-state index is 15.3. The first kappa shape index (κ1) is 23.5. The fourth-order valence-corrected chi connectivity index (χ4v) is 3.57. The molecule has 0 radical (unpaired) electrons. The smallest absolute Gasteiger partial charge is 0.248 e. The summed E-state index contributed by atoms with van der Waals surface area (Å²) in [6, 6.07) is 13.6. The lowest BCUT2D eigenvalue weighted by molar-refractivity contribution is 0.296. The topological polar surface area (TPSA) is 118 Å². The Morgan fingerprint density at radius 2 is 1.97 bits per heavy atom. The maximum absolute atomic E-state index is 15.3. The molecule has 0 aliphatic heterocycles. The van der Waals surface area contributed by atoms with Gasteiger partial charge in [-0.1, -0.05) is 35.3 Å². The number of hydrogen-bond acceptors (Lipinski definition) is 8. The highest BCUT2D eigenvalue weighted by Gasteiger charge is 2.19. The van der Waals surface area contributed by atoms with Crippen LogP contribution in [-0.2, 0) is 6.42 Å². The van der Waals surface area contributed by atoms with E-state index >= 15 is 4.39 Å². The van der Waals surface area contributed by atoms with Gasteiger partial charge in [0, 0.05) is 16.1 Å². The lowest BCUT2D eigenvalue weighted by Gasteiger charge is -2.22. The molecule has 172 valence electrons. The van der Waals surface area contributed by atoms with Crippen LogP contribution in [0, 0.1) is 29.3 Å². The van der Waals surface area contributed by atoms with Crippen molar-refractivity contribution >= 4 is 28.9 Å². The first-order chi connectivity index (χ1) is 16.2. The van der Waals surface area contributed by atoms with Crippen molar-refractivity contribution in [1.29, 1.82) is 5.26 Å². The van der Waals surface area contributed by atoms with Gasteiger partial charge in [0.05, 0.1) is 28.8 Å². The van der Waals surface area contributed by atoms with Crippen molar-refractivity contribution < 1.29 is 18.8 Å². The second-order valence-corrected chi connectivity index (χ2v) is 8.03. The summed E-state index contributed by atoms with van der Waals surface area (Å²) in [6.45, 7) is 1.77. The van der Waals surface area contributed by atoms with Crippen molar-refractivity contribution in [3.8, 4) is 29.0 Å². The molecule has 4 rings (SSSR count). The number of nitriles is 1. The molecule has 0 saturated heterocycles. The van der Waals surface area contributed by atoms with Gasteiger partial charge in [-0.15, -0.1) is 10.2 Å². The molecule has 0 amide bonds. The predicted octanol–water partition coefficient (Wildman–Crippen LogP) is 6.44. The molecule has 8 nitrogen and oxygen atoms in total. The summed E-state index contributed by atoms with van der Waals surface area (Å²) in [6.07, 6.45) is -0.0717. The van der Waals surface area contributed by atoms with E-state index in [0.29, 0.717) is 5.56 Å². The molecule has 1 heterocycles. The minimum Gasteiger partial charge on any atom is -0.733 e. The molecule has 0 unspecified atom stereocenters. The van der Waals surface area contributed by atoms with E-state index in [2.05, 4.69) is 10.2 Å². The summed E-state index contributed by atoms with van der Waals surface area (Å²) in [5.74, 6) is -0.638. The number of aryl methyl sites for hydroxylation is 1. The molecule has 3 aromatic carbocycles. The SMILES string of the molecule is Cc1ccc(N([O-])O)cc1-c1nnc(Cc2ccc(Cl)c(Oc3cc(Cl)cc(C#N)c3)c2F)o1. The molecular formula is C23H14Cl2FN4O4-. The summed E-state index contributed by atoms with van der Waals surface area (Å²) in [5, 5.41) is 37.3. The standard InChI is InChI=1S/C23H14Cl2FN4O4/c1-12-2-4-16(30(31)32)10-18(12)23-29-28-20(34-23)8-14-3-5-19(25)22(21(14)26)33-17-7-13(11-27)6-15(24)9-17/h2-7,9-10,31H,8H2,1H3/q-1. The number of nitrogens with zero attached hydrogens (tertiary/aromatic N) is 4. The number of ether oxygens (including phenoxy) is 1. The van der Waals surface area contributed by atoms with Crippen molar-refractivity contribution in [1.82, 2.24) is 10.2 Å². The molecule has 0 atom stereocenters. The Balaban J connectivity index is 1.62. The Bertz CT molecular complexity index is 1420. The second kappa shape index (κ2) is 9.67. The third-order valence-corrected chi connectivity index (χ3v) is 5.35. The largest absolute Gasteiger partial charge is 0.733 e. The molecular weight excluding hydrogens is 486 g/mol. The van der Waals surface area contributed by atoms with Crippen molar-refractivity contribution in [3.63, 3.8) is 0 Å². The van der Waals surface area contributed by atoms with Gasteiger partial charge in [0.15, 0.2) is 11.6 Å². The van der Waals surface area contributed by atoms with E-state index in [1.807, 2.05) is 6.07 Å². The molecule has 1 aromatic heterocycles. The quantitative estimate of drug-likeness (QED) is 0.301. The number of hydrogen-bond donors (Lipinski definition) is 1. The fraction of sp³-hybridized carbons (Fsp3) is 0.0870. The Morgan fingerprint density at radius 3 is 2.71 bits per heavy atom. The van der Waals surface area contributed by atoms with E-state index in [1.54, 1.807) is 13.0 Å². The zero-order valence-electron chi connectivity index (χ0n) is 17.4. The van der Waals surface area contributed by atoms with Crippen LogP contribution in [0.4, 0.5) is 10.1 Å². The van der Waals surface area contributed by atoms with Crippen molar-refractivity contribution in [3.05, 3.63) is 92.2 Å². The minimum absolute atomic E-state index is 0.00791. The van der Waals surface area contributed by atoms with Crippen LogP contribution in [0.25, 0.3) is 11.5 Å². The van der Waals surface area contributed by atoms with Crippen LogP contribution in [0.1, 0.15) is 22.6 Å². The van der Waals surface area contributed by atoms with E-state index in [0.717, 1.165) is 5.56 Å². The lowest BCUT2D eigenvalue weighted by Crippen LogP contribution is -2.07. The summed E-state index contributed by atoms with van der Waals surface area (Å²) >= 11 is 12.1. The van der Waals surface area contributed by atoms with E-state index in [9.17, 15) is 5.21 Å². The highest BCUT2D eigenvalue weighted by Crippen LogP contribution is 2.36. The van der Waals surface area contributed by atoms with Crippen LogP contribution in [-0.4, -0.2) is 15.4 Å².